The van der Waals surface area contributed by atoms with Gasteiger partial charge < -0.3 is 25.4 Å². The number of aliphatic hydroxyl groups is 3. The van der Waals surface area contributed by atoms with Crippen LogP contribution in [-0.4, -0.2) is 66.3 Å². The topological polar surface area (TPSA) is 126 Å². The van der Waals surface area contributed by atoms with Crippen molar-refractivity contribution in [3.8, 4) is 0 Å². The van der Waals surface area contributed by atoms with Crippen molar-refractivity contribution in [2.45, 2.75) is 42.4 Å². The lowest BCUT2D eigenvalue weighted by Gasteiger charge is -2.19. The lowest BCUT2D eigenvalue weighted by molar-refractivity contribution is -0.0548. The summed E-state index contributed by atoms with van der Waals surface area (Å²) in [5.41, 5.74) is 2.17. The summed E-state index contributed by atoms with van der Waals surface area (Å²) in [4.78, 5) is 13.3. The van der Waals surface area contributed by atoms with Crippen molar-refractivity contribution in [2.24, 2.45) is 0 Å². The number of imidazole rings is 1. The zero-order chi connectivity index (χ0) is 20.4. The number of fused-ring (bicyclic) bond motifs is 1. The van der Waals surface area contributed by atoms with Crippen molar-refractivity contribution in [3.63, 3.8) is 0 Å². The van der Waals surface area contributed by atoms with Crippen LogP contribution in [-0.2, 0) is 10.5 Å². The SMILES string of the molecule is CCNc1ncnc2c1nc(SCc1ccccc1)n2[C@@H]1O[C@H](CO)[C@@H](O)[C@H]1O. The van der Waals surface area contributed by atoms with Crippen LogP contribution in [0.4, 0.5) is 5.82 Å². The quantitative estimate of drug-likeness (QED) is 0.419. The molecule has 4 N–H and O–H groups in total. The van der Waals surface area contributed by atoms with Gasteiger partial charge in [0.05, 0.1) is 6.61 Å². The van der Waals surface area contributed by atoms with E-state index in [0.717, 1.165) is 5.56 Å². The summed E-state index contributed by atoms with van der Waals surface area (Å²) < 4.78 is 7.43. The maximum absolute atomic E-state index is 10.6. The minimum Gasteiger partial charge on any atom is -0.394 e. The molecule has 0 unspecified atom stereocenters. The number of hydrogen-bond acceptors (Lipinski definition) is 9. The summed E-state index contributed by atoms with van der Waals surface area (Å²) in [7, 11) is 0. The van der Waals surface area contributed by atoms with Gasteiger partial charge in [-0.1, -0.05) is 42.1 Å². The van der Waals surface area contributed by atoms with Crippen LogP contribution < -0.4 is 5.32 Å². The van der Waals surface area contributed by atoms with Crippen LogP contribution in [0.3, 0.4) is 0 Å². The van der Waals surface area contributed by atoms with Gasteiger partial charge in [0.15, 0.2) is 28.4 Å². The van der Waals surface area contributed by atoms with Gasteiger partial charge in [-0.25, -0.2) is 15.0 Å². The molecule has 3 aromatic rings. The van der Waals surface area contributed by atoms with Crippen molar-refractivity contribution < 1.29 is 20.1 Å². The maximum atomic E-state index is 10.6. The van der Waals surface area contributed by atoms with E-state index in [9.17, 15) is 15.3 Å². The normalized spacial score (nSPS) is 24.3. The molecule has 1 aromatic carbocycles. The van der Waals surface area contributed by atoms with E-state index in [0.29, 0.717) is 34.4 Å². The molecule has 0 amide bonds. The second-order valence-corrected chi connectivity index (χ2v) is 7.63. The van der Waals surface area contributed by atoms with Gasteiger partial charge >= 0.3 is 0 Å². The number of ether oxygens (including phenoxy) is 1. The number of rotatable bonds is 7. The third-order valence-electron chi connectivity index (χ3n) is 4.77. The number of aromatic nitrogens is 4. The smallest absolute Gasteiger partial charge is 0.172 e. The molecule has 0 spiro atoms. The van der Waals surface area contributed by atoms with Crippen LogP contribution in [0.5, 0.6) is 0 Å². The second-order valence-electron chi connectivity index (χ2n) is 6.69. The average Bonchev–Trinajstić information content (AvgIpc) is 3.25. The average molecular weight is 417 g/mol. The Labute approximate surface area is 171 Å². The number of nitrogens with one attached hydrogen (secondary N) is 1. The summed E-state index contributed by atoms with van der Waals surface area (Å²) in [6, 6.07) is 9.95. The van der Waals surface area contributed by atoms with E-state index in [2.05, 4.69) is 15.3 Å². The number of thioether (sulfide) groups is 1. The molecule has 4 atom stereocenters. The molecule has 10 heteroatoms. The summed E-state index contributed by atoms with van der Waals surface area (Å²) >= 11 is 1.47. The first-order valence-electron chi connectivity index (χ1n) is 9.40. The van der Waals surface area contributed by atoms with E-state index in [1.807, 2.05) is 37.3 Å². The molecule has 154 valence electrons. The molecular weight excluding hydrogens is 394 g/mol. The highest BCUT2D eigenvalue weighted by Crippen LogP contribution is 2.37. The predicted molar refractivity (Wildman–Crippen MR) is 108 cm³/mol. The molecule has 9 nitrogen and oxygen atoms in total. The highest BCUT2D eigenvalue weighted by molar-refractivity contribution is 7.98. The third-order valence-corrected chi connectivity index (χ3v) is 5.80. The van der Waals surface area contributed by atoms with Crippen molar-refractivity contribution in [2.75, 3.05) is 18.5 Å². The fourth-order valence-electron chi connectivity index (χ4n) is 3.33. The molecule has 0 aliphatic carbocycles. The Bertz CT molecular complexity index is 970. The van der Waals surface area contributed by atoms with Crippen LogP contribution >= 0.6 is 11.8 Å². The molecule has 1 aliphatic rings. The molecule has 0 saturated carbocycles. The Morgan fingerprint density at radius 2 is 1.97 bits per heavy atom. The third kappa shape index (κ3) is 3.81. The van der Waals surface area contributed by atoms with E-state index in [4.69, 9.17) is 9.72 Å². The first-order chi connectivity index (χ1) is 14.1. The summed E-state index contributed by atoms with van der Waals surface area (Å²) in [6.07, 6.45) is -2.81. The van der Waals surface area contributed by atoms with E-state index in [1.165, 1.54) is 18.1 Å². The molecule has 1 aliphatic heterocycles. The fraction of sp³-hybridized carbons (Fsp3) is 0.421. The minimum absolute atomic E-state index is 0.397. The van der Waals surface area contributed by atoms with Gasteiger partial charge in [0.2, 0.25) is 0 Å². The standard InChI is InChI=1S/C19H23N5O4S/c1-2-20-16-13-17(22-10-21-16)24(18-15(27)14(26)12(8-25)28-18)19(23-13)29-9-11-6-4-3-5-7-11/h3-7,10,12,14-15,18,25-27H,2,8-9H2,1H3,(H,20,21,22)/t12-,14-,15-,18-/m1/s1. The monoisotopic (exact) mass is 417 g/mol. The Morgan fingerprint density at radius 1 is 1.17 bits per heavy atom. The fourth-order valence-corrected chi connectivity index (χ4v) is 4.31. The van der Waals surface area contributed by atoms with Crippen LogP contribution in [0.25, 0.3) is 11.2 Å². The molecule has 29 heavy (non-hydrogen) atoms. The van der Waals surface area contributed by atoms with Crippen LogP contribution in [0, 0.1) is 0 Å². The van der Waals surface area contributed by atoms with Crippen molar-refractivity contribution >= 4 is 28.7 Å². The first-order valence-corrected chi connectivity index (χ1v) is 10.4. The maximum Gasteiger partial charge on any atom is 0.172 e. The highest BCUT2D eigenvalue weighted by Gasteiger charge is 2.45. The molecule has 2 aromatic heterocycles. The summed E-state index contributed by atoms with van der Waals surface area (Å²) in [6.45, 7) is 2.23. The zero-order valence-corrected chi connectivity index (χ0v) is 16.7. The van der Waals surface area contributed by atoms with Gasteiger partial charge in [0.1, 0.15) is 24.6 Å². The molecule has 3 heterocycles. The molecule has 1 fully saturated rings. The van der Waals surface area contributed by atoms with E-state index < -0.39 is 31.1 Å². The zero-order valence-electron chi connectivity index (χ0n) is 15.8. The number of anilines is 1. The first kappa shape index (κ1) is 20.0. The number of nitrogens with zero attached hydrogens (tertiary/aromatic N) is 4. The predicted octanol–water partition coefficient (Wildman–Crippen LogP) is 1.16. The van der Waals surface area contributed by atoms with E-state index in [1.54, 1.807) is 4.57 Å². The van der Waals surface area contributed by atoms with Gasteiger partial charge in [-0.3, -0.25) is 4.57 Å². The molecule has 0 radical (unpaired) electrons. The number of benzene rings is 1. The van der Waals surface area contributed by atoms with Crippen molar-refractivity contribution in [3.05, 3.63) is 42.2 Å². The van der Waals surface area contributed by atoms with Gasteiger partial charge in [-0.15, -0.1) is 0 Å². The van der Waals surface area contributed by atoms with Gasteiger partial charge in [-0.05, 0) is 12.5 Å². The second kappa shape index (κ2) is 8.64. The van der Waals surface area contributed by atoms with Crippen LogP contribution in [0.2, 0.25) is 0 Å². The van der Waals surface area contributed by atoms with Crippen LogP contribution in [0.15, 0.2) is 41.8 Å². The summed E-state index contributed by atoms with van der Waals surface area (Å²) in [5, 5.41) is 34.0. The molecule has 4 rings (SSSR count). The van der Waals surface area contributed by atoms with E-state index >= 15 is 0 Å². The number of aliphatic hydroxyl groups excluding tert-OH is 3. The Kier molecular flexibility index (Phi) is 5.97. The molecule has 0 bridgehead atoms. The largest absolute Gasteiger partial charge is 0.394 e. The molecule has 1 saturated heterocycles. The lowest BCUT2D eigenvalue weighted by atomic mass is 10.1. The van der Waals surface area contributed by atoms with Crippen molar-refractivity contribution in [1.82, 2.24) is 19.5 Å². The Hall–Kier alpha value is -2.24. The lowest BCUT2D eigenvalue weighted by Crippen LogP contribution is -2.33. The molecular formula is C19H23N5O4S. The van der Waals surface area contributed by atoms with Gasteiger partial charge in [0.25, 0.3) is 0 Å². The van der Waals surface area contributed by atoms with Gasteiger partial charge in [0, 0.05) is 12.3 Å². The highest BCUT2D eigenvalue weighted by atomic mass is 32.2. The minimum atomic E-state index is -1.22. The van der Waals surface area contributed by atoms with E-state index in [-0.39, 0.29) is 0 Å². The number of hydrogen-bond donors (Lipinski definition) is 4. The van der Waals surface area contributed by atoms with Gasteiger partial charge in [-0.2, -0.15) is 0 Å². The van der Waals surface area contributed by atoms with Crippen molar-refractivity contribution in [1.29, 1.82) is 0 Å². The summed E-state index contributed by atoms with van der Waals surface area (Å²) in [5.74, 6) is 1.24. The Morgan fingerprint density at radius 3 is 2.66 bits per heavy atom. The van der Waals surface area contributed by atoms with Crippen LogP contribution in [0.1, 0.15) is 18.7 Å². The Balaban J connectivity index is 1.76.